The molecule has 0 aliphatic heterocycles. The van der Waals surface area contributed by atoms with Crippen LogP contribution in [0.5, 0.6) is 5.75 Å². The van der Waals surface area contributed by atoms with Crippen molar-refractivity contribution in [2.24, 2.45) is 5.41 Å². The minimum Gasteiger partial charge on any atom is -0.497 e. The summed E-state index contributed by atoms with van der Waals surface area (Å²) in [6, 6.07) is 5.47. The second-order valence-electron chi connectivity index (χ2n) is 5.92. The van der Waals surface area contributed by atoms with Gasteiger partial charge in [-0.1, -0.05) is 20.8 Å². The Morgan fingerprint density at radius 3 is 2.48 bits per heavy atom. The third-order valence-corrected chi connectivity index (χ3v) is 4.43. The summed E-state index contributed by atoms with van der Waals surface area (Å²) in [7, 11) is 1.56. The van der Waals surface area contributed by atoms with Crippen molar-refractivity contribution in [2.75, 3.05) is 7.11 Å². The summed E-state index contributed by atoms with van der Waals surface area (Å²) in [5.41, 5.74) is 0.0411. The molecule has 0 fully saturated rings. The molecule has 2 aromatic rings. The van der Waals surface area contributed by atoms with Gasteiger partial charge in [0, 0.05) is 15.5 Å². The fraction of sp³-hybridized carbons (Fsp3) is 0.375. The molecule has 1 aromatic carbocycles. The van der Waals surface area contributed by atoms with Gasteiger partial charge in [0.25, 0.3) is 0 Å². The van der Waals surface area contributed by atoms with E-state index in [0.717, 1.165) is 10.1 Å². The van der Waals surface area contributed by atoms with Crippen LogP contribution in [0, 0.1) is 5.41 Å². The molecule has 0 amide bonds. The lowest BCUT2D eigenvalue weighted by molar-refractivity contribution is -0.136. The van der Waals surface area contributed by atoms with Crippen LogP contribution in [0.3, 0.4) is 0 Å². The van der Waals surface area contributed by atoms with E-state index in [-0.39, 0.29) is 12.2 Å². The van der Waals surface area contributed by atoms with Crippen molar-refractivity contribution in [3.8, 4) is 5.75 Å². The Balaban J connectivity index is 2.69. The maximum Gasteiger partial charge on any atom is 0.307 e. The van der Waals surface area contributed by atoms with Crippen molar-refractivity contribution in [1.29, 1.82) is 0 Å². The number of Topliss-reactive ketones (excluding diaryl/α,β-unsaturated/α-hetero) is 1. The quantitative estimate of drug-likeness (QED) is 0.873. The second-order valence-corrected chi connectivity index (χ2v) is 6.97. The van der Waals surface area contributed by atoms with Crippen LogP contribution in [-0.2, 0) is 11.2 Å². The number of rotatable bonds is 4. The fourth-order valence-electron chi connectivity index (χ4n) is 2.11. The third kappa shape index (κ3) is 3.08. The molecule has 0 radical (unpaired) electrons. The summed E-state index contributed by atoms with van der Waals surface area (Å²) in [4.78, 5) is 24.3. The predicted octanol–water partition coefficient (Wildman–Crippen LogP) is 3.77. The van der Waals surface area contributed by atoms with Gasteiger partial charge in [0.05, 0.1) is 18.4 Å². The van der Waals surface area contributed by atoms with Crippen LogP contribution in [0.4, 0.5) is 0 Å². The molecule has 0 saturated heterocycles. The van der Waals surface area contributed by atoms with Crippen LogP contribution in [0.25, 0.3) is 10.1 Å². The number of ether oxygens (including phenoxy) is 1. The van der Waals surface area contributed by atoms with Gasteiger partial charge in [0.2, 0.25) is 0 Å². The molecule has 1 aromatic heterocycles. The lowest BCUT2D eigenvalue weighted by atomic mass is 9.88. The largest absolute Gasteiger partial charge is 0.497 e. The standard InChI is InChI=1S/C16H18O4S/c1-16(2,3)15(19)14-11(8-13(17)18)10-7-9(20-4)5-6-12(10)21-14/h5-7H,8H2,1-4H3,(H,17,18). The fourth-order valence-corrected chi connectivity index (χ4v) is 3.46. The van der Waals surface area contributed by atoms with Crippen LogP contribution < -0.4 is 4.74 Å². The van der Waals surface area contributed by atoms with Crippen LogP contribution in [-0.4, -0.2) is 24.0 Å². The average Bonchev–Trinajstić information content (AvgIpc) is 2.74. The van der Waals surface area contributed by atoms with Gasteiger partial charge in [-0.05, 0) is 23.8 Å². The van der Waals surface area contributed by atoms with Crippen LogP contribution in [0.15, 0.2) is 18.2 Å². The predicted molar refractivity (Wildman–Crippen MR) is 83.5 cm³/mol. The highest BCUT2D eigenvalue weighted by molar-refractivity contribution is 7.21. The molecule has 0 bridgehead atoms. The Kier molecular flexibility index (Phi) is 4.05. The number of aliphatic carboxylic acids is 1. The zero-order valence-corrected chi connectivity index (χ0v) is 13.3. The number of thiophene rings is 1. The van der Waals surface area contributed by atoms with Crippen molar-refractivity contribution in [1.82, 2.24) is 0 Å². The zero-order chi connectivity index (χ0) is 15.8. The van der Waals surface area contributed by atoms with Gasteiger partial charge in [-0.3, -0.25) is 9.59 Å². The Bertz CT molecular complexity index is 707. The molecule has 21 heavy (non-hydrogen) atoms. The van der Waals surface area contributed by atoms with Gasteiger partial charge >= 0.3 is 5.97 Å². The highest BCUT2D eigenvalue weighted by atomic mass is 32.1. The van der Waals surface area contributed by atoms with Gasteiger partial charge in [0.15, 0.2) is 5.78 Å². The molecule has 0 aliphatic carbocycles. The molecule has 1 N–H and O–H groups in total. The molecule has 0 aliphatic rings. The number of carbonyl (C=O) groups excluding carboxylic acids is 1. The number of hydrogen-bond donors (Lipinski definition) is 1. The van der Waals surface area contributed by atoms with Gasteiger partial charge < -0.3 is 9.84 Å². The topological polar surface area (TPSA) is 63.6 Å². The Morgan fingerprint density at radius 1 is 1.29 bits per heavy atom. The molecule has 2 rings (SSSR count). The first-order chi connectivity index (χ1) is 9.74. The number of carboxylic acids is 1. The van der Waals surface area contributed by atoms with Crippen molar-refractivity contribution >= 4 is 33.2 Å². The summed E-state index contributed by atoms with van der Waals surface area (Å²) in [5.74, 6) is -0.318. The number of carbonyl (C=O) groups is 2. The summed E-state index contributed by atoms with van der Waals surface area (Å²) in [5, 5.41) is 9.93. The average molecular weight is 306 g/mol. The SMILES string of the molecule is COc1ccc2sc(C(=O)C(C)(C)C)c(CC(=O)O)c2c1. The molecule has 5 heteroatoms. The Labute approximate surface area is 127 Å². The van der Waals surface area contributed by atoms with Gasteiger partial charge in [-0.25, -0.2) is 0 Å². The van der Waals surface area contributed by atoms with Crippen molar-refractivity contribution in [3.05, 3.63) is 28.6 Å². The maximum absolute atomic E-state index is 12.6. The number of methoxy groups -OCH3 is 1. The van der Waals surface area contributed by atoms with Gasteiger partial charge in [0.1, 0.15) is 5.75 Å². The molecular weight excluding hydrogens is 288 g/mol. The van der Waals surface area contributed by atoms with E-state index < -0.39 is 11.4 Å². The van der Waals surface area contributed by atoms with Crippen molar-refractivity contribution < 1.29 is 19.4 Å². The van der Waals surface area contributed by atoms with Crippen LogP contribution >= 0.6 is 11.3 Å². The first-order valence-electron chi connectivity index (χ1n) is 6.60. The summed E-state index contributed by atoms with van der Waals surface area (Å²) in [6.45, 7) is 5.51. The highest BCUT2D eigenvalue weighted by Crippen LogP contribution is 2.37. The van der Waals surface area contributed by atoms with Crippen molar-refractivity contribution in [2.45, 2.75) is 27.2 Å². The Hall–Kier alpha value is -1.88. The molecule has 0 spiro atoms. The number of hydrogen-bond acceptors (Lipinski definition) is 4. The number of fused-ring (bicyclic) bond motifs is 1. The minimum atomic E-state index is -0.944. The smallest absolute Gasteiger partial charge is 0.307 e. The molecule has 0 saturated carbocycles. The first kappa shape index (κ1) is 15.5. The van der Waals surface area contributed by atoms with E-state index in [4.69, 9.17) is 9.84 Å². The lowest BCUT2D eigenvalue weighted by Crippen LogP contribution is -2.20. The molecule has 112 valence electrons. The van der Waals surface area contributed by atoms with Crippen LogP contribution in [0.2, 0.25) is 0 Å². The minimum absolute atomic E-state index is 0.0288. The van der Waals surface area contributed by atoms with Gasteiger partial charge in [-0.15, -0.1) is 11.3 Å². The van der Waals surface area contributed by atoms with E-state index in [1.54, 1.807) is 13.2 Å². The number of ketones is 1. The molecular formula is C16H18O4S. The summed E-state index contributed by atoms with van der Waals surface area (Å²) in [6.07, 6.45) is -0.162. The number of benzene rings is 1. The van der Waals surface area contributed by atoms with E-state index in [1.165, 1.54) is 11.3 Å². The maximum atomic E-state index is 12.6. The summed E-state index contributed by atoms with van der Waals surface area (Å²) >= 11 is 1.35. The molecule has 0 unspecified atom stereocenters. The molecule has 4 nitrogen and oxygen atoms in total. The van der Waals surface area contributed by atoms with Crippen molar-refractivity contribution in [3.63, 3.8) is 0 Å². The lowest BCUT2D eigenvalue weighted by Gasteiger charge is -2.16. The molecule has 1 heterocycles. The van der Waals surface area contributed by atoms with E-state index >= 15 is 0 Å². The zero-order valence-electron chi connectivity index (χ0n) is 12.5. The van der Waals surface area contributed by atoms with Gasteiger partial charge in [-0.2, -0.15) is 0 Å². The van der Waals surface area contributed by atoms with Crippen LogP contribution in [0.1, 0.15) is 36.0 Å². The van der Waals surface area contributed by atoms with E-state index in [9.17, 15) is 9.59 Å². The number of carboxylic acid groups (broad SMARTS) is 1. The van der Waals surface area contributed by atoms with E-state index in [2.05, 4.69) is 0 Å². The van der Waals surface area contributed by atoms with E-state index in [0.29, 0.717) is 16.2 Å². The third-order valence-electron chi connectivity index (χ3n) is 3.21. The first-order valence-corrected chi connectivity index (χ1v) is 7.41. The second kappa shape index (κ2) is 5.48. The Morgan fingerprint density at radius 2 is 1.95 bits per heavy atom. The normalized spacial score (nSPS) is 11.6. The highest BCUT2D eigenvalue weighted by Gasteiger charge is 2.29. The monoisotopic (exact) mass is 306 g/mol. The molecule has 0 atom stereocenters. The summed E-state index contributed by atoms with van der Waals surface area (Å²) < 4.78 is 6.09. The van der Waals surface area contributed by atoms with E-state index in [1.807, 2.05) is 32.9 Å².